The highest BCUT2D eigenvalue weighted by atomic mass is 19.1. The Hall–Kier alpha value is -5.52. The number of carbonyl (C=O) groups is 3. The molecule has 4 aromatic rings. The Morgan fingerprint density at radius 2 is 1.47 bits per heavy atom. The molecule has 0 fully saturated rings. The van der Waals surface area contributed by atoms with Gasteiger partial charge in [-0.15, -0.1) is 0 Å². The fourth-order valence-corrected chi connectivity index (χ4v) is 4.99. The van der Waals surface area contributed by atoms with Gasteiger partial charge in [-0.25, -0.2) is 19.2 Å². The van der Waals surface area contributed by atoms with E-state index in [1.165, 1.54) is 32.5 Å². The molecule has 0 aliphatic rings. The quantitative estimate of drug-likeness (QED) is 0.0678. The van der Waals surface area contributed by atoms with E-state index >= 15 is 0 Å². The van der Waals surface area contributed by atoms with Crippen molar-refractivity contribution in [3.8, 4) is 5.75 Å². The van der Waals surface area contributed by atoms with Crippen LogP contribution in [0.3, 0.4) is 0 Å². The topological polar surface area (TPSA) is 141 Å². The molecule has 11 nitrogen and oxygen atoms in total. The lowest BCUT2D eigenvalue weighted by Crippen LogP contribution is -2.20. The molecule has 0 spiro atoms. The number of pyridine rings is 2. The van der Waals surface area contributed by atoms with Gasteiger partial charge in [0.2, 0.25) is 0 Å². The Kier molecular flexibility index (Phi) is 14.3. The number of hydrogen-bond donors (Lipinski definition) is 3. The lowest BCUT2D eigenvalue weighted by atomic mass is 10.1. The van der Waals surface area contributed by atoms with Crippen LogP contribution in [0.2, 0.25) is 0 Å². The molecule has 12 heteroatoms. The number of aromatic nitrogens is 2. The second-order valence-corrected chi connectivity index (χ2v) is 11.2. The number of halogens is 1. The van der Waals surface area contributed by atoms with Gasteiger partial charge in [-0.2, -0.15) is 0 Å². The van der Waals surface area contributed by atoms with Gasteiger partial charge in [0, 0.05) is 25.7 Å². The molecule has 258 valence electrons. The summed E-state index contributed by atoms with van der Waals surface area (Å²) < 4.78 is 29.8. The van der Waals surface area contributed by atoms with Gasteiger partial charge in [0.15, 0.2) is 5.75 Å². The van der Waals surface area contributed by atoms with Gasteiger partial charge in [-0.1, -0.05) is 68.5 Å². The Labute approximate surface area is 285 Å². The van der Waals surface area contributed by atoms with Crippen LogP contribution in [-0.2, 0) is 20.9 Å². The summed E-state index contributed by atoms with van der Waals surface area (Å²) in [5.41, 5.74) is 2.28. The molecular weight excluding hydrogens is 629 g/mol. The van der Waals surface area contributed by atoms with E-state index in [-0.39, 0.29) is 35.4 Å². The van der Waals surface area contributed by atoms with Crippen molar-refractivity contribution < 1.29 is 33.0 Å². The predicted octanol–water partition coefficient (Wildman–Crippen LogP) is 7.49. The third-order valence-corrected chi connectivity index (χ3v) is 7.57. The lowest BCUT2D eigenvalue weighted by Gasteiger charge is -2.17. The van der Waals surface area contributed by atoms with E-state index < -0.39 is 11.8 Å². The molecule has 2 aromatic heterocycles. The maximum absolute atomic E-state index is 13.3. The van der Waals surface area contributed by atoms with Crippen molar-refractivity contribution in [2.24, 2.45) is 0 Å². The minimum atomic E-state index is -0.523. The summed E-state index contributed by atoms with van der Waals surface area (Å²) in [6, 6.07) is 19.0. The van der Waals surface area contributed by atoms with Crippen LogP contribution in [0.4, 0.5) is 27.4 Å². The van der Waals surface area contributed by atoms with Crippen LogP contribution >= 0.6 is 0 Å². The third kappa shape index (κ3) is 11.6. The predicted molar refractivity (Wildman–Crippen MR) is 185 cm³/mol. The second kappa shape index (κ2) is 19.3. The number of hydrogen-bond acceptors (Lipinski definition) is 10. The first-order valence-electron chi connectivity index (χ1n) is 16.3. The van der Waals surface area contributed by atoms with Gasteiger partial charge < -0.3 is 30.2 Å². The number of benzene rings is 2. The number of nitrogens with zero attached hydrogens (tertiary/aromatic N) is 2. The fourth-order valence-electron chi connectivity index (χ4n) is 4.99. The smallest absolute Gasteiger partial charge is 0.342 e. The number of nitrogens with one attached hydrogen (secondary N) is 3. The average Bonchev–Trinajstić information content (AvgIpc) is 3.12. The number of esters is 2. The zero-order chi connectivity index (χ0) is 34.8. The minimum Gasteiger partial charge on any atom is -0.494 e. The summed E-state index contributed by atoms with van der Waals surface area (Å²) >= 11 is 0. The Morgan fingerprint density at radius 1 is 0.735 bits per heavy atom. The van der Waals surface area contributed by atoms with Gasteiger partial charge >= 0.3 is 11.9 Å². The van der Waals surface area contributed by atoms with Crippen LogP contribution in [0.25, 0.3) is 0 Å². The van der Waals surface area contributed by atoms with Gasteiger partial charge in [-0.05, 0) is 42.7 Å². The van der Waals surface area contributed by atoms with Crippen LogP contribution in [0, 0.1) is 5.82 Å². The number of ether oxygens (including phenoxy) is 3. The van der Waals surface area contributed by atoms with Crippen LogP contribution in [0.1, 0.15) is 77.6 Å². The summed E-state index contributed by atoms with van der Waals surface area (Å²) in [5.74, 6) is -0.573. The summed E-state index contributed by atoms with van der Waals surface area (Å²) in [6.45, 7) is 0.577. The molecule has 0 atom stereocenters. The second-order valence-electron chi connectivity index (χ2n) is 11.2. The Balaban J connectivity index is 1.22. The highest BCUT2D eigenvalue weighted by Crippen LogP contribution is 2.34. The summed E-state index contributed by atoms with van der Waals surface area (Å²) in [7, 11) is 2.96. The first-order chi connectivity index (χ1) is 23.9. The van der Waals surface area contributed by atoms with Crippen molar-refractivity contribution in [3.63, 3.8) is 0 Å². The van der Waals surface area contributed by atoms with E-state index in [0.29, 0.717) is 36.0 Å². The molecular formula is C37H42FN5O6. The molecule has 49 heavy (non-hydrogen) atoms. The van der Waals surface area contributed by atoms with E-state index in [1.807, 2.05) is 30.3 Å². The van der Waals surface area contributed by atoms with Crippen molar-refractivity contribution >= 4 is 40.9 Å². The monoisotopic (exact) mass is 671 g/mol. The molecule has 2 aromatic carbocycles. The standard InChI is InChI=1S/C37H42FN5O6/c1-39-36(45)29-24-41-33(43-32-20-19-27(38)23-40-32)22-31(29)42-30-17-13-16-28(35(30)47-2)37(46)48-21-12-7-5-3-4-6-11-18-34(44)49-25-26-14-9-8-10-15-26/h8-10,13-17,19-20,22-24H,3-7,11-12,18,21,25H2,1-2H3,(H,39,45)(H2,40,41,42,43). The van der Waals surface area contributed by atoms with Crippen molar-refractivity contribution in [2.75, 3.05) is 31.4 Å². The molecule has 0 aliphatic heterocycles. The SMILES string of the molecule is CNC(=O)c1cnc(Nc2ccc(F)cn2)cc1Nc1cccc(C(=O)OCCCCCCCCCC(=O)OCc2ccccc2)c1OC. The summed E-state index contributed by atoms with van der Waals surface area (Å²) in [4.78, 5) is 45.9. The van der Waals surface area contributed by atoms with Crippen molar-refractivity contribution in [3.05, 3.63) is 102 Å². The lowest BCUT2D eigenvalue weighted by molar-refractivity contribution is -0.145. The van der Waals surface area contributed by atoms with Gasteiger partial charge in [0.1, 0.15) is 29.6 Å². The third-order valence-electron chi connectivity index (χ3n) is 7.57. The highest BCUT2D eigenvalue weighted by molar-refractivity contribution is 6.01. The van der Waals surface area contributed by atoms with Gasteiger partial charge in [-0.3, -0.25) is 9.59 Å². The minimum absolute atomic E-state index is 0.169. The number of methoxy groups -OCH3 is 1. The molecule has 2 heterocycles. The fraction of sp³-hybridized carbons (Fsp3) is 0.324. The molecule has 0 bridgehead atoms. The van der Waals surface area contributed by atoms with E-state index in [2.05, 4.69) is 25.9 Å². The number of anilines is 4. The molecule has 4 rings (SSSR count). The molecule has 0 radical (unpaired) electrons. The molecule has 0 unspecified atom stereocenters. The molecule has 0 saturated carbocycles. The summed E-state index contributed by atoms with van der Waals surface area (Å²) in [5, 5.41) is 8.75. The zero-order valence-corrected chi connectivity index (χ0v) is 27.8. The number of para-hydroxylation sites is 1. The first kappa shape index (κ1) is 36.3. The molecule has 0 aliphatic carbocycles. The van der Waals surface area contributed by atoms with E-state index in [1.54, 1.807) is 24.3 Å². The van der Waals surface area contributed by atoms with Gasteiger partial charge in [0.25, 0.3) is 5.91 Å². The van der Waals surface area contributed by atoms with Crippen LogP contribution in [-0.4, -0.2) is 48.6 Å². The van der Waals surface area contributed by atoms with Gasteiger partial charge in [0.05, 0.1) is 36.9 Å². The number of rotatable bonds is 19. The molecule has 1 amide bonds. The first-order valence-corrected chi connectivity index (χ1v) is 16.3. The van der Waals surface area contributed by atoms with Crippen molar-refractivity contribution in [1.29, 1.82) is 0 Å². The zero-order valence-electron chi connectivity index (χ0n) is 27.8. The normalized spacial score (nSPS) is 10.6. The highest BCUT2D eigenvalue weighted by Gasteiger charge is 2.20. The number of unbranched alkanes of at least 4 members (excludes halogenated alkanes) is 6. The molecule has 3 N–H and O–H groups in total. The van der Waals surface area contributed by atoms with Crippen LogP contribution < -0.4 is 20.7 Å². The van der Waals surface area contributed by atoms with Crippen LogP contribution in [0.15, 0.2) is 79.1 Å². The van der Waals surface area contributed by atoms with E-state index in [0.717, 1.165) is 56.7 Å². The van der Waals surface area contributed by atoms with E-state index in [4.69, 9.17) is 14.2 Å². The summed E-state index contributed by atoms with van der Waals surface area (Å²) in [6.07, 6.45) is 9.38. The van der Waals surface area contributed by atoms with Crippen LogP contribution in [0.5, 0.6) is 5.75 Å². The largest absolute Gasteiger partial charge is 0.494 e. The van der Waals surface area contributed by atoms with Crippen molar-refractivity contribution in [2.45, 2.75) is 58.0 Å². The average molecular weight is 672 g/mol. The Bertz CT molecular complexity index is 1670. The number of carbonyl (C=O) groups excluding carboxylic acids is 3. The van der Waals surface area contributed by atoms with Crippen molar-refractivity contribution in [1.82, 2.24) is 15.3 Å². The molecule has 0 saturated heterocycles. The maximum Gasteiger partial charge on any atom is 0.342 e. The maximum atomic E-state index is 13.3. The number of amides is 1. The Morgan fingerprint density at radius 3 is 2.18 bits per heavy atom. The van der Waals surface area contributed by atoms with E-state index in [9.17, 15) is 18.8 Å².